The van der Waals surface area contributed by atoms with E-state index in [0.29, 0.717) is 12.2 Å². The molecule has 6 heteroatoms. The number of carbonyl (C=O) groups is 1. The largest absolute Gasteiger partial charge is 0.465 e. The van der Waals surface area contributed by atoms with Crippen LogP contribution in [0, 0.1) is 0 Å². The predicted molar refractivity (Wildman–Crippen MR) is 148 cm³/mol. The maximum absolute atomic E-state index is 12.9. The summed E-state index contributed by atoms with van der Waals surface area (Å²) < 4.78 is 29.9. The number of sulfone groups is 1. The first kappa shape index (κ1) is 25.2. The molecule has 0 atom stereocenters. The number of benzene rings is 3. The van der Waals surface area contributed by atoms with Crippen molar-refractivity contribution in [2.45, 2.75) is 43.8 Å². The van der Waals surface area contributed by atoms with Crippen molar-refractivity contribution in [2.75, 3.05) is 12.9 Å². The highest BCUT2D eigenvalue weighted by Crippen LogP contribution is 2.51. The number of ether oxygens (including phenoxy) is 1. The Hall–Kier alpha value is -3.51. The number of aromatic nitrogens is 1. The van der Waals surface area contributed by atoms with Crippen molar-refractivity contribution in [1.82, 2.24) is 4.98 Å². The zero-order chi connectivity index (χ0) is 26.4. The van der Waals surface area contributed by atoms with Gasteiger partial charge in [-0.3, -0.25) is 9.78 Å². The molecular weight excluding hydrogens is 482 g/mol. The molecule has 1 fully saturated rings. The molecule has 5 nitrogen and oxygen atoms in total. The Morgan fingerprint density at radius 3 is 2.32 bits per heavy atom. The summed E-state index contributed by atoms with van der Waals surface area (Å²) in [6.45, 7) is 5.63. The second-order valence-corrected chi connectivity index (χ2v) is 12.9. The molecule has 1 heterocycles. The molecule has 0 bridgehead atoms. The number of rotatable bonds is 7. The normalized spacial score (nSPS) is 14.9. The number of esters is 1. The number of pyridine rings is 1. The standard InChI is InChI=1S/C31H31NO4S/c1-5-36-29(33)31(15-16-31)23-13-14-25(21-10-7-6-8-11-21)26(19-23)27-20-24(30(2,3)37(4,34)35)18-22-12-9-17-32-28(22)27/h6-14,17-20H,5,15-16H2,1-4H3. The SMILES string of the molecule is CCOC(=O)C1(c2ccc(-c3ccccc3)c(-c3cc(C(C)(C)S(C)(=O)=O)cc4cccnc34)c2)CC1. The first-order valence-electron chi connectivity index (χ1n) is 12.5. The molecule has 1 saturated carbocycles. The average Bonchev–Trinajstić information content (AvgIpc) is 3.70. The van der Waals surface area contributed by atoms with Gasteiger partial charge >= 0.3 is 5.97 Å². The quantitative estimate of drug-likeness (QED) is 0.266. The molecule has 5 rings (SSSR count). The van der Waals surface area contributed by atoms with E-state index in [1.54, 1.807) is 20.0 Å². The lowest BCUT2D eigenvalue weighted by Gasteiger charge is -2.25. The first-order chi connectivity index (χ1) is 17.6. The van der Waals surface area contributed by atoms with E-state index in [-0.39, 0.29) is 5.97 Å². The molecule has 0 aliphatic heterocycles. The molecule has 0 saturated heterocycles. The molecule has 3 aromatic carbocycles. The van der Waals surface area contributed by atoms with Gasteiger partial charge in [-0.15, -0.1) is 0 Å². The fourth-order valence-electron chi connectivity index (χ4n) is 4.90. The van der Waals surface area contributed by atoms with Crippen LogP contribution in [0.5, 0.6) is 0 Å². The minimum absolute atomic E-state index is 0.191. The molecule has 190 valence electrons. The van der Waals surface area contributed by atoms with E-state index in [9.17, 15) is 13.2 Å². The van der Waals surface area contributed by atoms with Crippen LogP contribution in [-0.4, -0.2) is 32.2 Å². The highest BCUT2D eigenvalue weighted by Gasteiger charge is 2.53. The molecule has 0 N–H and O–H groups in total. The van der Waals surface area contributed by atoms with Gasteiger partial charge in [0, 0.05) is 23.4 Å². The summed E-state index contributed by atoms with van der Waals surface area (Å²) in [6.07, 6.45) is 4.51. The third kappa shape index (κ3) is 4.33. The number of carbonyl (C=O) groups excluding carboxylic acids is 1. The molecule has 1 aliphatic carbocycles. The van der Waals surface area contributed by atoms with Crippen molar-refractivity contribution in [1.29, 1.82) is 0 Å². The average molecular weight is 514 g/mol. The molecule has 0 spiro atoms. The van der Waals surface area contributed by atoms with Gasteiger partial charge in [-0.1, -0.05) is 48.5 Å². The van der Waals surface area contributed by atoms with Crippen molar-refractivity contribution in [2.24, 2.45) is 0 Å². The Balaban J connectivity index is 1.82. The fourth-order valence-corrected chi connectivity index (χ4v) is 5.44. The van der Waals surface area contributed by atoms with Crippen LogP contribution in [0.1, 0.15) is 44.7 Å². The second-order valence-electron chi connectivity index (χ2n) is 10.3. The van der Waals surface area contributed by atoms with E-state index in [1.165, 1.54) is 6.26 Å². The van der Waals surface area contributed by atoms with E-state index < -0.39 is 20.0 Å². The van der Waals surface area contributed by atoms with E-state index in [2.05, 4.69) is 24.3 Å². The molecule has 0 amide bonds. The van der Waals surface area contributed by atoms with Gasteiger partial charge in [-0.2, -0.15) is 0 Å². The highest BCUT2D eigenvalue weighted by molar-refractivity contribution is 7.91. The highest BCUT2D eigenvalue weighted by atomic mass is 32.2. The third-order valence-electron chi connectivity index (χ3n) is 7.69. The Labute approximate surface area is 218 Å². The van der Waals surface area contributed by atoms with Crippen LogP contribution in [0.25, 0.3) is 33.2 Å². The summed E-state index contributed by atoms with van der Waals surface area (Å²) in [6, 6.07) is 23.9. The van der Waals surface area contributed by atoms with Gasteiger partial charge in [0.05, 0.1) is 22.3 Å². The lowest BCUT2D eigenvalue weighted by atomic mass is 9.85. The first-order valence-corrected chi connectivity index (χ1v) is 14.4. The number of fused-ring (bicyclic) bond motifs is 1. The molecule has 1 aromatic heterocycles. The van der Waals surface area contributed by atoms with Gasteiger partial charge in [-0.05, 0) is 85.7 Å². The van der Waals surface area contributed by atoms with Crippen molar-refractivity contribution in [3.8, 4) is 22.3 Å². The Kier molecular flexibility index (Phi) is 6.19. The second kappa shape index (κ2) is 9.10. The fraction of sp³-hybridized carbons (Fsp3) is 0.290. The van der Waals surface area contributed by atoms with Gasteiger partial charge < -0.3 is 4.74 Å². The number of hydrogen-bond donors (Lipinski definition) is 0. The van der Waals surface area contributed by atoms with Crippen LogP contribution >= 0.6 is 0 Å². The Morgan fingerprint density at radius 1 is 0.946 bits per heavy atom. The summed E-state index contributed by atoms with van der Waals surface area (Å²) >= 11 is 0. The van der Waals surface area contributed by atoms with E-state index in [1.807, 2.05) is 55.5 Å². The molecule has 0 unspecified atom stereocenters. The Bertz CT molecular complexity index is 1600. The van der Waals surface area contributed by atoms with E-state index >= 15 is 0 Å². The van der Waals surface area contributed by atoms with Crippen LogP contribution in [0.3, 0.4) is 0 Å². The van der Waals surface area contributed by atoms with Gasteiger partial charge in [0.2, 0.25) is 0 Å². The smallest absolute Gasteiger partial charge is 0.316 e. The van der Waals surface area contributed by atoms with E-state index in [4.69, 9.17) is 9.72 Å². The zero-order valence-electron chi connectivity index (χ0n) is 21.6. The van der Waals surface area contributed by atoms with Crippen LogP contribution in [0.2, 0.25) is 0 Å². The summed E-state index contributed by atoms with van der Waals surface area (Å²) in [4.78, 5) is 17.6. The summed E-state index contributed by atoms with van der Waals surface area (Å²) in [5, 5.41) is 0.864. The lowest BCUT2D eigenvalue weighted by Crippen LogP contribution is -2.28. The Morgan fingerprint density at radius 2 is 1.68 bits per heavy atom. The molecule has 1 aliphatic rings. The summed E-state index contributed by atoms with van der Waals surface area (Å²) in [5.74, 6) is -0.191. The summed E-state index contributed by atoms with van der Waals surface area (Å²) in [5.41, 5.74) is 5.53. The van der Waals surface area contributed by atoms with Gasteiger partial charge in [0.1, 0.15) is 0 Å². The summed E-state index contributed by atoms with van der Waals surface area (Å²) in [7, 11) is -3.41. The van der Waals surface area contributed by atoms with Gasteiger partial charge in [-0.25, -0.2) is 8.42 Å². The minimum Gasteiger partial charge on any atom is -0.465 e. The number of nitrogens with zero attached hydrogens (tertiary/aromatic N) is 1. The minimum atomic E-state index is -3.41. The molecule has 4 aromatic rings. The van der Waals surface area contributed by atoms with Crippen molar-refractivity contribution in [3.63, 3.8) is 0 Å². The topological polar surface area (TPSA) is 73.3 Å². The van der Waals surface area contributed by atoms with Gasteiger partial charge in [0.15, 0.2) is 9.84 Å². The molecular formula is C31H31NO4S. The maximum atomic E-state index is 12.9. The van der Waals surface area contributed by atoms with Crippen molar-refractivity contribution >= 4 is 26.7 Å². The van der Waals surface area contributed by atoms with Crippen molar-refractivity contribution in [3.05, 3.63) is 90.1 Å². The van der Waals surface area contributed by atoms with Crippen molar-refractivity contribution < 1.29 is 17.9 Å². The lowest BCUT2D eigenvalue weighted by molar-refractivity contribution is -0.146. The predicted octanol–water partition coefficient (Wildman–Crippen LogP) is 6.44. The van der Waals surface area contributed by atoms with Crippen LogP contribution in [-0.2, 0) is 29.5 Å². The molecule has 37 heavy (non-hydrogen) atoms. The number of hydrogen-bond acceptors (Lipinski definition) is 5. The third-order valence-corrected chi connectivity index (χ3v) is 9.78. The van der Waals surface area contributed by atoms with Crippen LogP contribution in [0.15, 0.2) is 79.0 Å². The zero-order valence-corrected chi connectivity index (χ0v) is 22.4. The van der Waals surface area contributed by atoms with Crippen LogP contribution < -0.4 is 0 Å². The van der Waals surface area contributed by atoms with Gasteiger partial charge in [0.25, 0.3) is 0 Å². The molecule has 0 radical (unpaired) electrons. The van der Waals surface area contributed by atoms with E-state index in [0.717, 1.165) is 51.6 Å². The van der Waals surface area contributed by atoms with Crippen LogP contribution in [0.4, 0.5) is 0 Å². The monoisotopic (exact) mass is 513 g/mol. The maximum Gasteiger partial charge on any atom is 0.316 e.